The summed E-state index contributed by atoms with van der Waals surface area (Å²) in [6, 6.07) is 6.67. The van der Waals surface area contributed by atoms with Crippen LogP contribution in [0.15, 0.2) is 23.0 Å². The Morgan fingerprint density at radius 2 is 1.69 bits per heavy atom. The van der Waals surface area contributed by atoms with Gasteiger partial charge < -0.3 is 4.98 Å². The molecule has 0 spiro atoms. The highest BCUT2D eigenvalue weighted by molar-refractivity contribution is 5.85. The van der Waals surface area contributed by atoms with Crippen LogP contribution < -0.4 is 5.56 Å². The fourth-order valence-corrected chi connectivity index (χ4v) is 5.94. The van der Waals surface area contributed by atoms with Crippen LogP contribution >= 0.6 is 0 Å². The monoisotopic (exact) mass is 477 g/mol. The van der Waals surface area contributed by atoms with Crippen molar-refractivity contribution in [3.63, 3.8) is 0 Å². The largest absolute Gasteiger partial charge is 0.321 e. The zero-order valence-electron chi connectivity index (χ0n) is 21.8. The van der Waals surface area contributed by atoms with E-state index in [9.17, 15) is 4.79 Å². The summed E-state index contributed by atoms with van der Waals surface area (Å²) in [7, 11) is 0. The van der Waals surface area contributed by atoms with E-state index in [1.807, 2.05) is 11.6 Å². The second-order valence-corrected chi connectivity index (χ2v) is 11.4. The zero-order valence-corrected chi connectivity index (χ0v) is 21.8. The zero-order chi connectivity index (χ0) is 24.7. The number of benzene rings is 1. The number of fused-ring (bicyclic) bond motifs is 1. The number of rotatable bonds is 4. The van der Waals surface area contributed by atoms with Gasteiger partial charge >= 0.3 is 0 Å². The Morgan fingerprint density at radius 3 is 2.37 bits per heavy atom. The summed E-state index contributed by atoms with van der Waals surface area (Å²) < 4.78 is 1.89. The van der Waals surface area contributed by atoms with Crippen LogP contribution in [0, 0.1) is 13.8 Å². The molecule has 2 fully saturated rings. The van der Waals surface area contributed by atoms with Gasteiger partial charge in [-0.1, -0.05) is 31.4 Å². The summed E-state index contributed by atoms with van der Waals surface area (Å²) >= 11 is 0. The predicted molar refractivity (Wildman–Crippen MR) is 139 cm³/mol. The third kappa shape index (κ3) is 4.66. The van der Waals surface area contributed by atoms with Crippen molar-refractivity contribution in [2.75, 3.05) is 26.2 Å². The minimum Gasteiger partial charge on any atom is -0.321 e. The molecule has 8 nitrogen and oxygen atoms in total. The van der Waals surface area contributed by atoms with Crippen LogP contribution in [0.3, 0.4) is 0 Å². The number of piperazine rings is 1. The molecular formula is C27H39N7O. The highest BCUT2D eigenvalue weighted by Crippen LogP contribution is 2.32. The number of hydrogen-bond donors (Lipinski definition) is 1. The molecule has 1 saturated heterocycles. The number of aromatic nitrogens is 5. The van der Waals surface area contributed by atoms with Gasteiger partial charge in [-0.25, -0.2) is 4.68 Å². The number of nitrogens with one attached hydrogen (secondary N) is 1. The Morgan fingerprint density at radius 1 is 1.00 bits per heavy atom. The van der Waals surface area contributed by atoms with E-state index < -0.39 is 0 Å². The lowest BCUT2D eigenvalue weighted by molar-refractivity contribution is 0.0606. The lowest BCUT2D eigenvalue weighted by atomic mass is 9.93. The molecule has 0 bridgehead atoms. The molecule has 3 heterocycles. The number of aryl methyl sites for hydroxylation is 2. The third-order valence-corrected chi connectivity index (χ3v) is 7.95. The highest BCUT2D eigenvalue weighted by Gasteiger charge is 2.36. The number of pyridine rings is 1. The average molecular weight is 478 g/mol. The maximum atomic E-state index is 13.6. The maximum absolute atomic E-state index is 13.6. The van der Waals surface area contributed by atoms with Crippen molar-refractivity contribution in [2.24, 2.45) is 0 Å². The van der Waals surface area contributed by atoms with Crippen molar-refractivity contribution in [1.82, 2.24) is 35.0 Å². The van der Waals surface area contributed by atoms with E-state index in [0.717, 1.165) is 59.6 Å². The number of nitrogens with zero attached hydrogens (tertiary/aromatic N) is 6. The number of H-pyrrole nitrogens is 1. The minimum atomic E-state index is -0.300. The van der Waals surface area contributed by atoms with Crippen molar-refractivity contribution >= 4 is 10.9 Å². The van der Waals surface area contributed by atoms with Crippen molar-refractivity contribution in [1.29, 1.82) is 0 Å². The second kappa shape index (κ2) is 9.47. The summed E-state index contributed by atoms with van der Waals surface area (Å²) in [6.45, 7) is 14.3. The normalized spacial score (nSPS) is 19.9. The van der Waals surface area contributed by atoms with Gasteiger partial charge in [0.1, 0.15) is 6.04 Å². The van der Waals surface area contributed by atoms with Gasteiger partial charge in [-0.3, -0.25) is 14.6 Å². The Bertz CT molecular complexity index is 1240. The van der Waals surface area contributed by atoms with Gasteiger partial charge in [0.2, 0.25) is 0 Å². The molecule has 2 aromatic heterocycles. The fourth-order valence-electron chi connectivity index (χ4n) is 5.94. The molecule has 0 unspecified atom stereocenters. The van der Waals surface area contributed by atoms with Crippen molar-refractivity contribution in [3.8, 4) is 0 Å². The Kier molecular flexibility index (Phi) is 6.53. The molecule has 1 saturated carbocycles. The van der Waals surface area contributed by atoms with E-state index >= 15 is 0 Å². The molecule has 1 atom stereocenters. The van der Waals surface area contributed by atoms with E-state index in [4.69, 9.17) is 0 Å². The van der Waals surface area contributed by atoms with Gasteiger partial charge in [-0.05, 0) is 75.1 Å². The van der Waals surface area contributed by atoms with Crippen molar-refractivity contribution in [2.45, 2.75) is 84.3 Å². The molecule has 1 aliphatic heterocycles. The summed E-state index contributed by atoms with van der Waals surface area (Å²) in [6.07, 6.45) is 6.69. The average Bonchev–Trinajstić information content (AvgIpc) is 3.34. The summed E-state index contributed by atoms with van der Waals surface area (Å²) in [5, 5.41) is 14.0. The summed E-state index contributed by atoms with van der Waals surface area (Å²) in [5.74, 6) is 0.735. The minimum absolute atomic E-state index is 0.0608. The van der Waals surface area contributed by atoms with E-state index in [2.05, 4.69) is 76.2 Å². The van der Waals surface area contributed by atoms with E-state index in [1.54, 1.807) is 0 Å². The maximum Gasteiger partial charge on any atom is 0.253 e. The van der Waals surface area contributed by atoms with Crippen molar-refractivity contribution < 1.29 is 0 Å². The molecule has 8 heteroatoms. The van der Waals surface area contributed by atoms with Gasteiger partial charge in [-0.15, -0.1) is 5.10 Å². The molecule has 2 aliphatic rings. The van der Waals surface area contributed by atoms with Crippen LogP contribution in [0.5, 0.6) is 0 Å². The Balaban J connectivity index is 1.56. The SMILES string of the molecule is Cc1ccc(C)c2[nH]c(=O)c([C@@H](c3nnnn3C(C)(C)C)N3CCN(C4CCCCC4)CC3)cc12. The highest BCUT2D eigenvalue weighted by atomic mass is 16.1. The van der Waals surface area contributed by atoms with Gasteiger partial charge in [0.15, 0.2) is 5.82 Å². The van der Waals surface area contributed by atoms with Gasteiger partial charge in [0.05, 0.1) is 11.1 Å². The molecular weight excluding hydrogens is 438 g/mol. The molecule has 1 aromatic carbocycles. The van der Waals surface area contributed by atoms with E-state index in [-0.39, 0.29) is 17.1 Å². The van der Waals surface area contributed by atoms with Crippen LogP contribution in [-0.4, -0.2) is 67.2 Å². The third-order valence-electron chi connectivity index (χ3n) is 7.95. The topological polar surface area (TPSA) is 82.9 Å². The Hall–Kier alpha value is -2.58. The van der Waals surface area contributed by atoms with Gasteiger partial charge in [0, 0.05) is 43.2 Å². The first-order chi connectivity index (χ1) is 16.7. The fraction of sp³-hybridized carbons (Fsp3) is 0.630. The summed E-state index contributed by atoms with van der Waals surface area (Å²) in [4.78, 5) is 21.9. The van der Waals surface area contributed by atoms with E-state index in [0.29, 0.717) is 6.04 Å². The van der Waals surface area contributed by atoms with Gasteiger partial charge in [0.25, 0.3) is 5.56 Å². The lowest BCUT2D eigenvalue weighted by Crippen LogP contribution is -2.52. The molecule has 0 amide bonds. The smallest absolute Gasteiger partial charge is 0.253 e. The molecule has 3 aromatic rings. The molecule has 188 valence electrons. The second-order valence-electron chi connectivity index (χ2n) is 11.4. The first kappa shape index (κ1) is 24.1. The van der Waals surface area contributed by atoms with Crippen LogP contribution in [0.2, 0.25) is 0 Å². The number of aromatic amines is 1. The molecule has 0 radical (unpaired) electrons. The van der Waals surface area contributed by atoms with Gasteiger partial charge in [-0.2, -0.15) is 0 Å². The Labute approximate surface area is 207 Å². The number of hydrogen-bond acceptors (Lipinski definition) is 6. The number of tetrazole rings is 1. The van der Waals surface area contributed by atoms with Crippen molar-refractivity contribution in [3.05, 3.63) is 51.1 Å². The quantitative estimate of drug-likeness (QED) is 0.613. The first-order valence-electron chi connectivity index (χ1n) is 13.1. The lowest BCUT2D eigenvalue weighted by Gasteiger charge is -2.43. The van der Waals surface area contributed by atoms with Crippen LogP contribution in [0.4, 0.5) is 0 Å². The summed E-state index contributed by atoms with van der Waals surface area (Å²) in [5.41, 5.74) is 3.50. The van der Waals surface area contributed by atoms with Crippen LogP contribution in [0.1, 0.15) is 81.4 Å². The standard InChI is InChI=1S/C27H39N7O/c1-18-11-12-19(2)23-21(18)17-22(26(35)28-23)24(25-29-30-31-34(25)27(3,4)5)33-15-13-32(14-16-33)20-9-7-6-8-10-20/h11-12,17,20,24H,6-10,13-16H2,1-5H3,(H,28,35)/t24-/m0/s1. The first-order valence-corrected chi connectivity index (χ1v) is 13.1. The van der Waals surface area contributed by atoms with Crippen LogP contribution in [0.25, 0.3) is 10.9 Å². The van der Waals surface area contributed by atoms with E-state index in [1.165, 1.54) is 32.1 Å². The molecule has 1 N–H and O–H groups in total. The molecule has 35 heavy (non-hydrogen) atoms. The van der Waals surface area contributed by atoms with Crippen LogP contribution in [-0.2, 0) is 5.54 Å². The molecule has 5 rings (SSSR count). The molecule has 1 aliphatic carbocycles. The predicted octanol–water partition coefficient (Wildman–Crippen LogP) is 3.93.